The molecule has 0 amide bonds. The van der Waals surface area contributed by atoms with Crippen LogP contribution >= 0.6 is 0 Å². The van der Waals surface area contributed by atoms with Crippen molar-refractivity contribution < 1.29 is 19.1 Å². The van der Waals surface area contributed by atoms with Gasteiger partial charge in [0.15, 0.2) is 11.5 Å². The molecule has 4 heteroatoms. The van der Waals surface area contributed by atoms with Crippen LogP contribution in [0.5, 0.6) is 11.5 Å². The molecule has 0 spiro atoms. The zero-order valence-corrected chi connectivity index (χ0v) is 14.8. The normalized spacial score (nSPS) is 10.9. The minimum absolute atomic E-state index is 0.299. The number of carbonyl (C=O) groups is 2. The zero-order valence-electron chi connectivity index (χ0n) is 14.8. The Morgan fingerprint density at radius 1 is 0.913 bits per heavy atom. The van der Waals surface area contributed by atoms with Gasteiger partial charge in [0.25, 0.3) is 0 Å². The predicted octanol–water partition coefficient (Wildman–Crippen LogP) is 4.68. The molecule has 0 aliphatic carbocycles. The van der Waals surface area contributed by atoms with Crippen molar-refractivity contribution in [2.24, 2.45) is 11.8 Å². The van der Waals surface area contributed by atoms with Crippen LogP contribution in [0.3, 0.4) is 0 Å². The van der Waals surface area contributed by atoms with E-state index in [1.165, 1.54) is 0 Å². The largest absolute Gasteiger partial charge is 0.423 e. The van der Waals surface area contributed by atoms with E-state index in [1.807, 2.05) is 13.0 Å². The first-order chi connectivity index (χ1) is 10.8. The van der Waals surface area contributed by atoms with Crippen LogP contribution in [0.1, 0.15) is 58.9 Å². The van der Waals surface area contributed by atoms with E-state index < -0.39 is 0 Å². The highest BCUT2D eigenvalue weighted by Crippen LogP contribution is 2.31. The topological polar surface area (TPSA) is 52.6 Å². The Hall–Kier alpha value is -1.84. The van der Waals surface area contributed by atoms with Crippen molar-refractivity contribution in [3.63, 3.8) is 0 Å². The van der Waals surface area contributed by atoms with E-state index in [0.717, 1.165) is 18.4 Å². The highest BCUT2D eigenvalue weighted by molar-refractivity contribution is 5.76. The molecule has 1 aromatic rings. The summed E-state index contributed by atoms with van der Waals surface area (Å²) in [6.45, 7) is 10.1. The molecule has 0 saturated heterocycles. The van der Waals surface area contributed by atoms with Crippen molar-refractivity contribution in [3.8, 4) is 11.5 Å². The van der Waals surface area contributed by atoms with Crippen molar-refractivity contribution in [2.45, 2.75) is 60.3 Å². The van der Waals surface area contributed by atoms with Crippen LogP contribution in [0.15, 0.2) is 18.2 Å². The number of carbonyl (C=O) groups excluding carboxylic acids is 2. The van der Waals surface area contributed by atoms with E-state index in [-0.39, 0.29) is 11.9 Å². The van der Waals surface area contributed by atoms with Crippen molar-refractivity contribution in [2.75, 3.05) is 0 Å². The SMILES string of the molecule is Cc1cccc(OC(=O)CCC(C)C)c1OC(=O)CCC(C)C. The average Bonchev–Trinajstić information content (AvgIpc) is 2.46. The number of aryl methyl sites for hydroxylation is 1. The lowest BCUT2D eigenvalue weighted by Crippen LogP contribution is -2.13. The smallest absolute Gasteiger partial charge is 0.311 e. The monoisotopic (exact) mass is 320 g/mol. The van der Waals surface area contributed by atoms with Gasteiger partial charge in [-0.15, -0.1) is 0 Å². The van der Waals surface area contributed by atoms with Gasteiger partial charge in [0.05, 0.1) is 0 Å². The Kier molecular flexibility index (Phi) is 7.79. The first kappa shape index (κ1) is 19.2. The van der Waals surface area contributed by atoms with Gasteiger partial charge in [-0.25, -0.2) is 0 Å². The average molecular weight is 320 g/mol. The summed E-state index contributed by atoms with van der Waals surface area (Å²) in [5.41, 5.74) is 0.775. The molecule has 1 aromatic carbocycles. The first-order valence-electron chi connectivity index (χ1n) is 8.30. The molecule has 0 radical (unpaired) electrons. The van der Waals surface area contributed by atoms with Gasteiger partial charge in [-0.05, 0) is 43.2 Å². The summed E-state index contributed by atoms with van der Waals surface area (Å²) in [4.78, 5) is 23.9. The Labute approximate surface area is 139 Å². The molecule has 0 heterocycles. The van der Waals surface area contributed by atoms with Crippen molar-refractivity contribution in [1.82, 2.24) is 0 Å². The van der Waals surface area contributed by atoms with Gasteiger partial charge in [-0.3, -0.25) is 9.59 Å². The molecule has 0 N–H and O–H groups in total. The lowest BCUT2D eigenvalue weighted by Gasteiger charge is -2.13. The Balaban J connectivity index is 2.75. The summed E-state index contributed by atoms with van der Waals surface area (Å²) in [5, 5.41) is 0. The molecule has 0 aliphatic heterocycles. The Morgan fingerprint density at radius 2 is 1.43 bits per heavy atom. The second-order valence-electron chi connectivity index (χ2n) is 6.72. The Bertz CT molecular complexity index is 532. The summed E-state index contributed by atoms with van der Waals surface area (Å²) in [6.07, 6.45) is 2.25. The first-order valence-corrected chi connectivity index (χ1v) is 8.30. The lowest BCUT2D eigenvalue weighted by molar-refractivity contribution is -0.137. The van der Waals surface area contributed by atoms with Crippen LogP contribution in [0.25, 0.3) is 0 Å². The number of hydrogen-bond donors (Lipinski definition) is 0. The summed E-state index contributed by atoms with van der Waals surface area (Å²) in [6, 6.07) is 5.27. The van der Waals surface area contributed by atoms with Gasteiger partial charge < -0.3 is 9.47 Å². The van der Waals surface area contributed by atoms with Gasteiger partial charge >= 0.3 is 11.9 Å². The van der Waals surface area contributed by atoms with E-state index in [0.29, 0.717) is 36.2 Å². The number of ether oxygens (including phenoxy) is 2. The maximum absolute atomic E-state index is 12.0. The highest BCUT2D eigenvalue weighted by Gasteiger charge is 2.16. The fourth-order valence-corrected chi connectivity index (χ4v) is 1.99. The van der Waals surface area contributed by atoms with Crippen LogP contribution in [0.2, 0.25) is 0 Å². The van der Waals surface area contributed by atoms with Crippen LogP contribution in [-0.4, -0.2) is 11.9 Å². The number of para-hydroxylation sites is 1. The molecule has 0 atom stereocenters. The van der Waals surface area contributed by atoms with E-state index in [1.54, 1.807) is 12.1 Å². The van der Waals surface area contributed by atoms with Gasteiger partial charge in [0.1, 0.15) is 0 Å². The molecule has 0 fully saturated rings. The van der Waals surface area contributed by atoms with Gasteiger partial charge in [0.2, 0.25) is 0 Å². The van der Waals surface area contributed by atoms with E-state index in [2.05, 4.69) is 27.7 Å². The molecule has 128 valence electrons. The zero-order chi connectivity index (χ0) is 17.4. The van der Waals surface area contributed by atoms with Gasteiger partial charge in [-0.1, -0.05) is 39.8 Å². The maximum atomic E-state index is 12.0. The summed E-state index contributed by atoms with van der Waals surface area (Å²) >= 11 is 0. The van der Waals surface area contributed by atoms with Gasteiger partial charge in [-0.2, -0.15) is 0 Å². The summed E-state index contributed by atoms with van der Waals surface area (Å²) < 4.78 is 10.8. The second-order valence-corrected chi connectivity index (χ2v) is 6.72. The third-order valence-corrected chi connectivity index (χ3v) is 3.47. The Morgan fingerprint density at radius 3 is 1.96 bits per heavy atom. The van der Waals surface area contributed by atoms with E-state index in [9.17, 15) is 9.59 Å². The predicted molar refractivity (Wildman–Crippen MR) is 90.6 cm³/mol. The van der Waals surface area contributed by atoms with Crippen molar-refractivity contribution in [3.05, 3.63) is 23.8 Å². The molecule has 0 bridgehead atoms. The molecule has 0 unspecified atom stereocenters. The number of rotatable bonds is 8. The molecule has 1 rings (SSSR count). The molecule has 4 nitrogen and oxygen atoms in total. The van der Waals surface area contributed by atoms with Crippen LogP contribution in [0, 0.1) is 18.8 Å². The molecule has 0 aliphatic rings. The standard InChI is InChI=1S/C19H28O4/c1-13(2)9-11-17(20)22-16-8-6-7-15(5)19(16)23-18(21)12-10-14(3)4/h6-8,13-14H,9-12H2,1-5H3. The number of esters is 2. The van der Waals surface area contributed by atoms with Crippen LogP contribution in [-0.2, 0) is 9.59 Å². The summed E-state index contributed by atoms with van der Waals surface area (Å²) in [7, 11) is 0. The fourth-order valence-electron chi connectivity index (χ4n) is 1.99. The highest BCUT2D eigenvalue weighted by atomic mass is 16.6. The second kappa shape index (κ2) is 9.33. The summed E-state index contributed by atoms with van der Waals surface area (Å²) in [5.74, 6) is 0.938. The number of hydrogen-bond acceptors (Lipinski definition) is 4. The fraction of sp³-hybridized carbons (Fsp3) is 0.579. The number of benzene rings is 1. The van der Waals surface area contributed by atoms with Crippen molar-refractivity contribution >= 4 is 11.9 Å². The molecular formula is C19H28O4. The minimum Gasteiger partial charge on any atom is -0.423 e. The van der Waals surface area contributed by atoms with Crippen LogP contribution in [0.4, 0.5) is 0 Å². The molecule has 0 saturated carbocycles. The third-order valence-electron chi connectivity index (χ3n) is 3.47. The molecular weight excluding hydrogens is 292 g/mol. The maximum Gasteiger partial charge on any atom is 0.311 e. The van der Waals surface area contributed by atoms with Crippen molar-refractivity contribution in [1.29, 1.82) is 0 Å². The lowest BCUT2D eigenvalue weighted by atomic mass is 10.1. The molecule has 0 aromatic heterocycles. The van der Waals surface area contributed by atoms with E-state index in [4.69, 9.17) is 9.47 Å². The van der Waals surface area contributed by atoms with E-state index >= 15 is 0 Å². The van der Waals surface area contributed by atoms with Gasteiger partial charge in [0, 0.05) is 12.8 Å². The quantitative estimate of drug-likeness (QED) is 0.515. The van der Waals surface area contributed by atoms with Crippen LogP contribution < -0.4 is 9.47 Å². The molecule has 23 heavy (non-hydrogen) atoms. The minimum atomic E-state index is -0.302. The third kappa shape index (κ3) is 7.31.